The van der Waals surface area contributed by atoms with Crippen LogP contribution >= 0.6 is 22.7 Å². The Morgan fingerprint density at radius 1 is 1.20 bits per heavy atom. The molecule has 0 unspecified atom stereocenters. The third-order valence-corrected chi connectivity index (χ3v) is 4.38. The number of nitrogens with zero attached hydrogens (tertiary/aromatic N) is 3. The summed E-state index contributed by atoms with van der Waals surface area (Å²) in [6.07, 6.45) is 0. The highest BCUT2D eigenvalue weighted by Gasteiger charge is 2.06. The maximum absolute atomic E-state index is 5.64. The smallest absolute Gasteiger partial charge is 0.181 e. The van der Waals surface area contributed by atoms with E-state index in [1.54, 1.807) is 0 Å². The number of azo groups is 1. The van der Waals surface area contributed by atoms with Crippen molar-refractivity contribution in [1.82, 2.24) is 4.98 Å². The Morgan fingerprint density at radius 2 is 2.00 bits per heavy atom. The van der Waals surface area contributed by atoms with E-state index < -0.39 is 0 Å². The average molecular weight is 304 g/mol. The van der Waals surface area contributed by atoms with Crippen molar-refractivity contribution in [2.45, 2.75) is 6.92 Å². The van der Waals surface area contributed by atoms with Crippen LogP contribution in [-0.2, 0) is 0 Å². The fraction of sp³-hybridized carbons (Fsp3) is 0.154. The van der Waals surface area contributed by atoms with E-state index in [0.717, 1.165) is 26.0 Å². The topological polar surface area (TPSA) is 72.9 Å². The van der Waals surface area contributed by atoms with E-state index >= 15 is 0 Å². The van der Waals surface area contributed by atoms with Gasteiger partial charge in [-0.2, -0.15) is 0 Å². The van der Waals surface area contributed by atoms with Crippen molar-refractivity contribution in [2.75, 3.05) is 12.3 Å². The Balaban J connectivity index is 1.76. The Hall–Kier alpha value is -1.99. The number of rotatable bonds is 4. The Kier molecular flexibility index (Phi) is 3.62. The van der Waals surface area contributed by atoms with Crippen LogP contribution < -0.4 is 10.5 Å². The zero-order valence-electron chi connectivity index (χ0n) is 10.7. The number of benzene rings is 1. The van der Waals surface area contributed by atoms with Gasteiger partial charge in [0.25, 0.3) is 0 Å². The number of thiophene rings is 1. The summed E-state index contributed by atoms with van der Waals surface area (Å²) < 4.78 is 6.42. The highest BCUT2D eigenvalue weighted by Crippen LogP contribution is 2.36. The number of nitrogens with two attached hydrogens (primary N) is 1. The van der Waals surface area contributed by atoms with Crippen molar-refractivity contribution in [1.29, 1.82) is 0 Å². The first kappa shape index (κ1) is 13.0. The summed E-state index contributed by atoms with van der Waals surface area (Å²) in [5.41, 5.74) is 6.43. The maximum atomic E-state index is 5.64. The molecular formula is C13H12N4OS2. The molecule has 0 saturated heterocycles. The van der Waals surface area contributed by atoms with Crippen LogP contribution in [-0.4, -0.2) is 11.6 Å². The second-order valence-corrected chi connectivity index (χ2v) is 6.00. The van der Waals surface area contributed by atoms with Crippen molar-refractivity contribution in [2.24, 2.45) is 10.2 Å². The SMILES string of the molecule is CCOc1ccc(N=Nc2cc3sc(N)nc3s2)cc1. The number of thiazole rings is 1. The average Bonchev–Trinajstić information content (AvgIpc) is 2.95. The van der Waals surface area contributed by atoms with Crippen LogP contribution in [0.2, 0.25) is 0 Å². The zero-order chi connectivity index (χ0) is 13.9. The summed E-state index contributed by atoms with van der Waals surface area (Å²) in [6.45, 7) is 2.61. The summed E-state index contributed by atoms with van der Waals surface area (Å²) in [5.74, 6) is 0.836. The normalized spacial score (nSPS) is 11.4. The van der Waals surface area contributed by atoms with Gasteiger partial charge in [0.1, 0.15) is 15.6 Å². The number of fused-ring (bicyclic) bond motifs is 1. The lowest BCUT2D eigenvalue weighted by molar-refractivity contribution is 0.340. The van der Waals surface area contributed by atoms with Gasteiger partial charge in [-0.05, 0) is 37.3 Å². The third-order valence-electron chi connectivity index (χ3n) is 2.50. The van der Waals surface area contributed by atoms with Crippen molar-refractivity contribution >= 4 is 48.0 Å². The van der Waals surface area contributed by atoms with Crippen LogP contribution in [0.15, 0.2) is 40.6 Å². The molecule has 3 aromatic rings. The molecule has 0 saturated carbocycles. The molecule has 0 aliphatic heterocycles. The molecule has 1 aromatic carbocycles. The van der Waals surface area contributed by atoms with E-state index in [1.807, 2.05) is 37.3 Å². The Morgan fingerprint density at radius 3 is 2.70 bits per heavy atom. The molecule has 102 valence electrons. The van der Waals surface area contributed by atoms with Crippen molar-refractivity contribution in [3.8, 4) is 5.75 Å². The largest absolute Gasteiger partial charge is 0.494 e. The number of aromatic nitrogens is 1. The molecule has 0 aliphatic rings. The van der Waals surface area contributed by atoms with E-state index in [0.29, 0.717) is 11.7 Å². The minimum atomic E-state index is 0.584. The van der Waals surface area contributed by atoms with E-state index in [9.17, 15) is 0 Å². The first-order valence-corrected chi connectivity index (χ1v) is 7.68. The third kappa shape index (κ3) is 2.78. The van der Waals surface area contributed by atoms with E-state index in [4.69, 9.17) is 10.5 Å². The summed E-state index contributed by atoms with van der Waals surface area (Å²) >= 11 is 2.94. The Bertz CT molecular complexity index is 714. The van der Waals surface area contributed by atoms with Gasteiger partial charge in [-0.25, -0.2) is 4.98 Å². The van der Waals surface area contributed by atoms with Crippen LogP contribution in [0.4, 0.5) is 15.8 Å². The van der Waals surface area contributed by atoms with Crippen LogP contribution in [0.1, 0.15) is 6.92 Å². The molecule has 2 N–H and O–H groups in total. The first-order chi connectivity index (χ1) is 9.74. The van der Waals surface area contributed by atoms with E-state index in [2.05, 4.69) is 15.2 Å². The molecule has 0 aliphatic carbocycles. The molecule has 0 radical (unpaired) electrons. The molecule has 0 spiro atoms. The second kappa shape index (κ2) is 5.56. The number of ether oxygens (including phenoxy) is 1. The second-order valence-electron chi connectivity index (χ2n) is 3.93. The molecular weight excluding hydrogens is 292 g/mol. The fourth-order valence-corrected chi connectivity index (χ4v) is 3.48. The maximum Gasteiger partial charge on any atom is 0.181 e. The van der Waals surface area contributed by atoms with Gasteiger partial charge in [0.05, 0.1) is 17.0 Å². The molecule has 7 heteroatoms. The summed E-state index contributed by atoms with van der Waals surface area (Å²) in [5, 5.41) is 9.83. The molecule has 3 rings (SSSR count). The molecule has 5 nitrogen and oxygen atoms in total. The monoisotopic (exact) mass is 304 g/mol. The van der Waals surface area contributed by atoms with Gasteiger partial charge in [0.15, 0.2) is 5.13 Å². The lowest BCUT2D eigenvalue weighted by atomic mass is 10.3. The molecule has 2 aromatic heterocycles. The van der Waals surface area contributed by atoms with Gasteiger partial charge in [-0.1, -0.05) is 22.7 Å². The van der Waals surface area contributed by atoms with Crippen LogP contribution in [0.5, 0.6) is 5.75 Å². The highest BCUT2D eigenvalue weighted by atomic mass is 32.1. The predicted molar refractivity (Wildman–Crippen MR) is 83.7 cm³/mol. The van der Waals surface area contributed by atoms with Gasteiger partial charge in [-0.15, -0.1) is 10.2 Å². The molecule has 20 heavy (non-hydrogen) atoms. The summed E-state index contributed by atoms with van der Waals surface area (Å²) in [7, 11) is 0. The van der Waals surface area contributed by atoms with Crippen LogP contribution in [0.25, 0.3) is 9.53 Å². The standard InChI is InChI=1S/C13H12N4OS2/c1-2-18-9-5-3-8(4-6-9)16-17-11-7-10-12(20-11)15-13(14)19-10/h3-7H,2H2,1H3,(H2,14,15). The molecule has 0 amide bonds. The van der Waals surface area contributed by atoms with Gasteiger partial charge < -0.3 is 10.5 Å². The van der Waals surface area contributed by atoms with Crippen molar-refractivity contribution in [3.05, 3.63) is 30.3 Å². The van der Waals surface area contributed by atoms with Crippen LogP contribution in [0, 0.1) is 0 Å². The van der Waals surface area contributed by atoms with E-state index in [-0.39, 0.29) is 0 Å². The summed E-state index contributed by atoms with van der Waals surface area (Å²) in [4.78, 5) is 5.13. The molecule has 2 heterocycles. The summed E-state index contributed by atoms with van der Waals surface area (Å²) in [6, 6.07) is 9.47. The van der Waals surface area contributed by atoms with Gasteiger partial charge >= 0.3 is 0 Å². The lowest BCUT2D eigenvalue weighted by Crippen LogP contribution is -1.89. The zero-order valence-corrected chi connectivity index (χ0v) is 12.4. The quantitative estimate of drug-likeness (QED) is 0.707. The van der Waals surface area contributed by atoms with E-state index in [1.165, 1.54) is 22.7 Å². The van der Waals surface area contributed by atoms with Crippen molar-refractivity contribution < 1.29 is 4.74 Å². The van der Waals surface area contributed by atoms with Gasteiger partial charge in [-0.3, -0.25) is 0 Å². The highest BCUT2D eigenvalue weighted by molar-refractivity contribution is 7.30. The Labute approximate surface area is 123 Å². The predicted octanol–water partition coefficient (Wildman–Crippen LogP) is 4.75. The van der Waals surface area contributed by atoms with Crippen molar-refractivity contribution in [3.63, 3.8) is 0 Å². The minimum Gasteiger partial charge on any atom is -0.494 e. The molecule has 0 fully saturated rings. The molecule has 0 bridgehead atoms. The number of hydrogen-bond donors (Lipinski definition) is 1. The van der Waals surface area contributed by atoms with Gasteiger partial charge in [0.2, 0.25) is 0 Å². The van der Waals surface area contributed by atoms with Crippen LogP contribution in [0.3, 0.4) is 0 Å². The number of nitrogen functional groups attached to an aromatic ring is 1. The first-order valence-electron chi connectivity index (χ1n) is 6.05. The number of anilines is 1. The minimum absolute atomic E-state index is 0.584. The lowest BCUT2D eigenvalue weighted by Gasteiger charge is -2.01. The van der Waals surface area contributed by atoms with Gasteiger partial charge in [0, 0.05) is 0 Å². The fourth-order valence-electron chi connectivity index (χ4n) is 1.67. The molecule has 0 atom stereocenters. The number of hydrogen-bond acceptors (Lipinski definition) is 7.